The molecule has 2 rings (SSSR count). The molecule has 7 heteroatoms. The molecule has 2 heterocycles. The van der Waals surface area contributed by atoms with Crippen LogP contribution in [0.4, 0.5) is 15.3 Å². The molecular weight excluding hydrogens is 262 g/mol. The number of pyridine rings is 1. The summed E-state index contributed by atoms with van der Waals surface area (Å²) < 4.78 is 9.98. The minimum atomic E-state index is -0.616. The molecule has 108 valence electrons. The number of carbonyl (C=O) groups is 2. The summed E-state index contributed by atoms with van der Waals surface area (Å²) in [6.45, 7) is 4.24. The summed E-state index contributed by atoms with van der Waals surface area (Å²) in [4.78, 5) is 28.1. The molecule has 1 aromatic rings. The molecule has 0 N–H and O–H groups in total. The molecular formula is C13H17N3O4. The monoisotopic (exact) mass is 279 g/mol. The molecule has 0 unspecified atom stereocenters. The van der Waals surface area contributed by atoms with Crippen molar-refractivity contribution in [1.29, 1.82) is 0 Å². The number of hydrogen-bond acceptors (Lipinski definition) is 5. The normalized spacial score (nSPS) is 13.7. The maximum absolute atomic E-state index is 12.1. The van der Waals surface area contributed by atoms with E-state index in [0.717, 1.165) is 5.56 Å². The predicted octanol–water partition coefficient (Wildman–Crippen LogP) is 1.97. The van der Waals surface area contributed by atoms with Gasteiger partial charge >= 0.3 is 12.2 Å². The van der Waals surface area contributed by atoms with Gasteiger partial charge in [0.25, 0.3) is 0 Å². The van der Waals surface area contributed by atoms with E-state index in [1.54, 1.807) is 20.0 Å². The first-order valence-electron chi connectivity index (χ1n) is 6.53. The van der Waals surface area contributed by atoms with Crippen LogP contribution in [0.25, 0.3) is 0 Å². The predicted molar refractivity (Wildman–Crippen MR) is 71.2 cm³/mol. The van der Waals surface area contributed by atoms with E-state index in [4.69, 9.17) is 9.47 Å². The van der Waals surface area contributed by atoms with Crippen LogP contribution in [0.1, 0.15) is 19.4 Å². The molecule has 20 heavy (non-hydrogen) atoms. The van der Waals surface area contributed by atoms with E-state index in [9.17, 15) is 9.59 Å². The Labute approximate surface area is 117 Å². The van der Waals surface area contributed by atoms with Crippen LogP contribution in [0.3, 0.4) is 0 Å². The fourth-order valence-corrected chi connectivity index (χ4v) is 2.03. The Morgan fingerprint density at radius 1 is 1.25 bits per heavy atom. The summed E-state index contributed by atoms with van der Waals surface area (Å²) in [5, 5.41) is 2.43. The third-order valence-corrected chi connectivity index (χ3v) is 2.87. The first kappa shape index (κ1) is 14.1. The highest BCUT2D eigenvalue weighted by Crippen LogP contribution is 2.27. The quantitative estimate of drug-likeness (QED) is 0.827. The van der Waals surface area contributed by atoms with Crippen LogP contribution in [0.5, 0.6) is 0 Å². The van der Waals surface area contributed by atoms with Crippen molar-refractivity contribution in [3.8, 4) is 0 Å². The minimum absolute atomic E-state index is 0.224. The van der Waals surface area contributed by atoms with Crippen molar-refractivity contribution >= 4 is 17.9 Å². The average Bonchev–Trinajstić information content (AvgIpc) is 2.46. The highest BCUT2D eigenvalue weighted by Gasteiger charge is 2.34. The topological polar surface area (TPSA) is 72.0 Å². The highest BCUT2D eigenvalue weighted by atomic mass is 16.6. The zero-order chi connectivity index (χ0) is 14.5. The molecule has 0 fully saturated rings. The Morgan fingerprint density at radius 3 is 2.65 bits per heavy atom. The van der Waals surface area contributed by atoms with Crippen molar-refractivity contribution < 1.29 is 19.1 Å². The largest absolute Gasteiger partial charge is 0.448 e. The molecule has 0 atom stereocenters. The number of carbonyl (C=O) groups excluding carboxylic acids is 2. The SMILES string of the molecule is CCOC(=O)N1CCc2ccncc2N1C(=O)OCC. The van der Waals surface area contributed by atoms with E-state index in [-0.39, 0.29) is 13.2 Å². The van der Waals surface area contributed by atoms with Crippen molar-refractivity contribution in [2.45, 2.75) is 20.3 Å². The molecule has 0 saturated heterocycles. The highest BCUT2D eigenvalue weighted by molar-refractivity contribution is 5.91. The number of hydrogen-bond donors (Lipinski definition) is 0. The lowest BCUT2D eigenvalue weighted by atomic mass is 10.1. The number of rotatable bonds is 2. The number of nitrogens with zero attached hydrogens (tertiary/aromatic N) is 3. The number of ether oxygens (including phenoxy) is 2. The second-order valence-corrected chi connectivity index (χ2v) is 4.09. The summed E-state index contributed by atoms with van der Waals surface area (Å²) in [6.07, 6.45) is 2.64. The average molecular weight is 279 g/mol. The van der Waals surface area contributed by atoms with E-state index in [1.165, 1.54) is 16.2 Å². The van der Waals surface area contributed by atoms with E-state index in [2.05, 4.69) is 4.98 Å². The lowest BCUT2D eigenvalue weighted by Gasteiger charge is -2.37. The van der Waals surface area contributed by atoms with Gasteiger partial charge in [-0.15, -0.1) is 0 Å². The summed E-state index contributed by atoms with van der Waals surface area (Å²) in [6, 6.07) is 1.82. The number of fused-ring (bicyclic) bond motifs is 1. The first-order valence-corrected chi connectivity index (χ1v) is 6.53. The number of hydrazine groups is 1. The number of anilines is 1. The Balaban J connectivity index is 2.34. The molecule has 0 aromatic carbocycles. The summed E-state index contributed by atoms with van der Waals surface area (Å²) in [5.41, 5.74) is 1.49. The van der Waals surface area contributed by atoms with Crippen LogP contribution in [-0.4, -0.2) is 41.9 Å². The fourth-order valence-electron chi connectivity index (χ4n) is 2.03. The van der Waals surface area contributed by atoms with Gasteiger partial charge in [-0.1, -0.05) is 0 Å². The first-order chi connectivity index (χ1) is 9.69. The Morgan fingerprint density at radius 2 is 1.95 bits per heavy atom. The van der Waals surface area contributed by atoms with Crippen molar-refractivity contribution in [3.63, 3.8) is 0 Å². The van der Waals surface area contributed by atoms with Crippen LogP contribution < -0.4 is 5.01 Å². The molecule has 1 aromatic heterocycles. The van der Waals surface area contributed by atoms with Crippen LogP contribution in [0.2, 0.25) is 0 Å². The van der Waals surface area contributed by atoms with Gasteiger partial charge in [-0.25, -0.2) is 14.6 Å². The molecule has 0 aliphatic carbocycles. The van der Waals surface area contributed by atoms with Crippen LogP contribution in [-0.2, 0) is 15.9 Å². The van der Waals surface area contributed by atoms with Gasteiger partial charge in [0.05, 0.1) is 31.6 Å². The standard InChI is InChI=1S/C13H17N3O4/c1-3-19-12(17)15-8-6-10-5-7-14-9-11(10)16(15)13(18)20-4-2/h5,7,9H,3-4,6,8H2,1-2H3. The number of amides is 2. The molecule has 1 aliphatic heterocycles. The number of aromatic nitrogens is 1. The van der Waals surface area contributed by atoms with Crippen LogP contribution in [0, 0.1) is 0 Å². The van der Waals surface area contributed by atoms with Crippen LogP contribution >= 0.6 is 0 Å². The van der Waals surface area contributed by atoms with E-state index in [0.29, 0.717) is 18.7 Å². The molecule has 0 radical (unpaired) electrons. The lowest BCUT2D eigenvalue weighted by Crippen LogP contribution is -2.54. The maximum atomic E-state index is 12.1. The molecule has 1 aliphatic rings. The molecule has 2 amide bonds. The minimum Gasteiger partial charge on any atom is -0.448 e. The molecule has 0 bridgehead atoms. The van der Waals surface area contributed by atoms with Gasteiger partial charge in [0.2, 0.25) is 0 Å². The summed E-state index contributed by atoms with van der Waals surface area (Å²) >= 11 is 0. The smallest absolute Gasteiger partial charge is 0.433 e. The second-order valence-electron chi connectivity index (χ2n) is 4.09. The van der Waals surface area contributed by atoms with Gasteiger partial charge in [0.15, 0.2) is 0 Å². The second kappa shape index (κ2) is 6.23. The maximum Gasteiger partial charge on any atom is 0.433 e. The lowest BCUT2D eigenvalue weighted by molar-refractivity contribution is 0.0902. The zero-order valence-electron chi connectivity index (χ0n) is 11.5. The molecule has 7 nitrogen and oxygen atoms in total. The molecule has 0 spiro atoms. The van der Waals surface area contributed by atoms with Crippen LogP contribution in [0.15, 0.2) is 18.5 Å². The van der Waals surface area contributed by atoms with E-state index >= 15 is 0 Å². The summed E-state index contributed by atoms with van der Waals surface area (Å²) in [7, 11) is 0. The van der Waals surface area contributed by atoms with Gasteiger partial charge in [0, 0.05) is 6.20 Å². The van der Waals surface area contributed by atoms with E-state index in [1.807, 2.05) is 6.07 Å². The third-order valence-electron chi connectivity index (χ3n) is 2.87. The Bertz CT molecular complexity index is 506. The zero-order valence-corrected chi connectivity index (χ0v) is 11.5. The van der Waals surface area contributed by atoms with Gasteiger partial charge < -0.3 is 9.47 Å². The van der Waals surface area contributed by atoms with Gasteiger partial charge in [-0.3, -0.25) is 4.98 Å². The fraction of sp³-hybridized carbons (Fsp3) is 0.462. The van der Waals surface area contributed by atoms with Gasteiger partial charge in [-0.05, 0) is 31.9 Å². The Kier molecular flexibility index (Phi) is 4.39. The van der Waals surface area contributed by atoms with Gasteiger partial charge in [0.1, 0.15) is 0 Å². The molecule has 0 saturated carbocycles. The Hall–Kier alpha value is -2.31. The van der Waals surface area contributed by atoms with Crippen molar-refractivity contribution in [3.05, 3.63) is 24.0 Å². The summed E-state index contributed by atoms with van der Waals surface area (Å²) in [5.74, 6) is 0. The van der Waals surface area contributed by atoms with Crippen molar-refractivity contribution in [1.82, 2.24) is 9.99 Å². The van der Waals surface area contributed by atoms with E-state index < -0.39 is 12.2 Å². The van der Waals surface area contributed by atoms with Crippen molar-refractivity contribution in [2.24, 2.45) is 0 Å². The van der Waals surface area contributed by atoms with Crippen molar-refractivity contribution in [2.75, 3.05) is 24.8 Å². The third kappa shape index (κ3) is 2.66. The van der Waals surface area contributed by atoms with Gasteiger partial charge in [-0.2, -0.15) is 5.01 Å².